The molecule has 2 fully saturated rings. The smallest absolute Gasteiger partial charge is 0.306 e. The van der Waals surface area contributed by atoms with Gasteiger partial charge in [-0.15, -0.1) is 0 Å². The summed E-state index contributed by atoms with van der Waals surface area (Å²) in [4.78, 5) is 25.9. The number of fused-ring (bicyclic) bond motifs is 3. The number of halogens is 1. The van der Waals surface area contributed by atoms with Crippen LogP contribution in [0.5, 0.6) is 0 Å². The number of morpholine rings is 1. The van der Waals surface area contributed by atoms with Crippen molar-refractivity contribution in [3.63, 3.8) is 0 Å². The molecular formula is C25H31ClN4O3. The number of rotatable bonds is 6. The van der Waals surface area contributed by atoms with Crippen LogP contribution in [0.2, 0.25) is 5.28 Å². The molecule has 0 unspecified atom stereocenters. The second-order valence-electron chi connectivity index (χ2n) is 9.41. The van der Waals surface area contributed by atoms with Crippen molar-refractivity contribution in [3.05, 3.63) is 47.4 Å². The lowest BCUT2D eigenvalue weighted by Gasteiger charge is -2.46. The number of carbonyl (C=O) groups excluding carboxylic acids is 1. The zero-order valence-electron chi connectivity index (χ0n) is 18.9. The molecule has 3 aliphatic rings. The molecule has 3 heterocycles. The minimum absolute atomic E-state index is 0.0846. The molecule has 0 amide bonds. The molecule has 0 bridgehead atoms. The second kappa shape index (κ2) is 10.3. The fourth-order valence-electron chi connectivity index (χ4n) is 5.35. The van der Waals surface area contributed by atoms with Crippen LogP contribution in [0.1, 0.15) is 37.7 Å². The Labute approximate surface area is 200 Å². The predicted molar refractivity (Wildman–Crippen MR) is 128 cm³/mol. The first kappa shape index (κ1) is 22.4. The van der Waals surface area contributed by atoms with E-state index in [1.165, 1.54) is 0 Å². The summed E-state index contributed by atoms with van der Waals surface area (Å²) in [5, 5.41) is 0.292. The molecule has 1 aromatic heterocycles. The number of anilines is 2. The van der Waals surface area contributed by atoms with E-state index >= 15 is 0 Å². The van der Waals surface area contributed by atoms with Crippen LogP contribution >= 0.6 is 11.6 Å². The predicted octanol–water partition coefficient (Wildman–Crippen LogP) is 4.10. The Kier molecular flexibility index (Phi) is 6.97. The van der Waals surface area contributed by atoms with Crippen molar-refractivity contribution >= 4 is 29.1 Å². The van der Waals surface area contributed by atoms with E-state index in [-0.39, 0.29) is 5.97 Å². The van der Waals surface area contributed by atoms with Crippen LogP contribution in [0, 0.1) is 11.8 Å². The molecule has 1 aromatic carbocycles. The highest BCUT2D eigenvalue weighted by Gasteiger charge is 2.36. The molecule has 0 spiro atoms. The minimum atomic E-state index is -0.0846. The van der Waals surface area contributed by atoms with Gasteiger partial charge in [-0.25, -0.2) is 4.98 Å². The van der Waals surface area contributed by atoms with E-state index in [1.807, 2.05) is 36.5 Å². The molecule has 1 aliphatic carbocycles. The number of hydrogen-bond acceptors (Lipinski definition) is 7. The highest BCUT2D eigenvalue weighted by atomic mass is 35.5. The summed E-state index contributed by atoms with van der Waals surface area (Å²) in [6.07, 6.45) is 6.78. The summed E-state index contributed by atoms with van der Waals surface area (Å²) < 4.78 is 11.2. The number of hydrogen-bond donors (Lipinski definition) is 0. The van der Waals surface area contributed by atoms with Crippen LogP contribution in [0.15, 0.2) is 36.5 Å². The van der Waals surface area contributed by atoms with E-state index in [0.29, 0.717) is 36.2 Å². The Balaban J connectivity index is 1.13. The normalized spacial score (nSPS) is 24.7. The fraction of sp³-hybridized carbons (Fsp3) is 0.560. The zero-order valence-corrected chi connectivity index (χ0v) is 19.6. The summed E-state index contributed by atoms with van der Waals surface area (Å²) in [5.74, 6) is 1.87. The Hall–Kier alpha value is -2.38. The molecular weight excluding hydrogens is 440 g/mol. The molecule has 8 heteroatoms. The molecule has 0 N–H and O–H groups in total. The van der Waals surface area contributed by atoms with Gasteiger partial charge in [-0.05, 0) is 54.7 Å². The number of nitrogens with zero attached hydrogens (tertiary/aromatic N) is 4. The third kappa shape index (κ3) is 5.41. The summed E-state index contributed by atoms with van der Waals surface area (Å²) in [5.41, 5.74) is 2.10. The molecule has 1 saturated carbocycles. The first-order valence-corrected chi connectivity index (χ1v) is 12.3. The molecule has 0 radical (unpaired) electrons. The topological polar surface area (TPSA) is 67.8 Å². The van der Waals surface area contributed by atoms with Gasteiger partial charge < -0.3 is 19.3 Å². The van der Waals surface area contributed by atoms with Gasteiger partial charge in [0, 0.05) is 26.1 Å². The molecule has 33 heavy (non-hydrogen) atoms. The van der Waals surface area contributed by atoms with Gasteiger partial charge >= 0.3 is 5.97 Å². The number of esters is 1. The van der Waals surface area contributed by atoms with Gasteiger partial charge in [-0.1, -0.05) is 30.3 Å². The van der Waals surface area contributed by atoms with Gasteiger partial charge in [-0.3, -0.25) is 4.79 Å². The van der Waals surface area contributed by atoms with Crippen LogP contribution in [-0.2, 0) is 20.9 Å². The van der Waals surface area contributed by atoms with E-state index in [1.54, 1.807) is 0 Å². The van der Waals surface area contributed by atoms with Gasteiger partial charge in [0.25, 0.3) is 0 Å². The molecule has 1 saturated heterocycles. The average Bonchev–Trinajstić information content (AvgIpc) is 2.84. The quantitative estimate of drug-likeness (QED) is 0.465. The monoisotopic (exact) mass is 470 g/mol. The lowest BCUT2D eigenvalue weighted by Crippen LogP contribution is -2.56. The van der Waals surface area contributed by atoms with Gasteiger partial charge in [-0.2, -0.15) is 4.98 Å². The highest BCUT2D eigenvalue weighted by molar-refractivity contribution is 6.28. The van der Waals surface area contributed by atoms with Gasteiger partial charge in [0.1, 0.15) is 6.61 Å². The highest BCUT2D eigenvalue weighted by Crippen LogP contribution is 2.38. The van der Waals surface area contributed by atoms with Crippen molar-refractivity contribution in [2.24, 2.45) is 11.8 Å². The maximum absolute atomic E-state index is 12.3. The van der Waals surface area contributed by atoms with Crippen molar-refractivity contribution < 1.29 is 14.3 Å². The van der Waals surface area contributed by atoms with E-state index in [0.717, 1.165) is 75.6 Å². The Morgan fingerprint density at radius 3 is 2.76 bits per heavy atom. The van der Waals surface area contributed by atoms with Crippen LogP contribution in [0.3, 0.4) is 0 Å². The Morgan fingerprint density at radius 2 is 1.94 bits per heavy atom. The van der Waals surface area contributed by atoms with E-state index in [9.17, 15) is 4.79 Å². The molecule has 5 rings (SSSR count). The van der Waals surface area contributed by atoms with Crippen LogP contribution in [0.4, 0.5) is 11.5 Å². The first-order valence-electron chi connectivity index (χ1n) is 12.0. The molecule has 176 valence electrons. The van der Waals surface area contributed by atoms with Crippen LogP contribution in [0.25, 0.3) is 0 Å². The zero-order chi connectivity index (χ0) is 22.6. The van der Waals surface area contributed by atoms with Crippen molar-refractivity contribution in [2.75, 3.05) is 42.6 Å². The Morgan fingerprint density at radius 1 is 1.15 bits per heavy atom. The second-order valence-corrected chi connectivity index (χ2v) is 9.75. The van der Waals surface area contributed by atoms with E-state index in [4.69, 9.17) is 21.1 Å². The maximum Gasteiger partial charge on any atom is 0.306 e. The molecule has 1 atom stereocenters. The number of ether oxygens (including phenoxy) is 2. The standard InChI is InChI=1S/C25H31ClN4O3/c26-25-27-13-22-24(28-25)30-10-11-32-17-21(30)15-29(22)14-19-8-6-18(7-9-19)12-23(31)33-16-20-4-2-1-3-5-20/h1-5,13,18-19,21H,6-12,14-17H2/t18?,19?,21-/m1/s1. The van der Waals surface area contributed by atoms with Crippen molar-refractivity contribution in [1.29, 1.82) is 0 Å². The van der Waals surface area contributed by atoms with Crippen molar-refractivity contribution in [1.82, 2.24) is 9.97 Å². The molecule has 2 aromatic rings. The number of benzene rings is 1. The Bertz CT molecular complexity index is 952. The van der Waals surface area contributed by atoms with E-state index in [2.05, 4.69) is 19.8 Å². The minimum Gasteiger partial charge on any atom is -0.461 e. The van der Waals surface area contributed by atoms with Crippen molar-refractivity contribution in [2.45, 2.75) is 44.8 Å². The van der Waals surface area contributed by atoms with Crippen LogP contribution < -0.4 is 9.80 Å². The third-order valence-electron chi connectivity index (χ3n) is 7.13. The lowest BCUT2D eigenvalue weighted by atomic mass is 9.80. The average molecular weight is 471 g/mol. The molecule has 2 aliphatic heterocycles. The van der Waals surface area contributed by atoms with Crippen molar-refractivity contribution in [3.8, 4) is 0 Å². The number of carbonyl (C=O) groups is 1. The van der Waals surface area contributed by atoms with Gasteiger partial charge in [0.15, 0.2) is 5.82 Å². The van der Waals surface area contributed by atoms with Gasteiger partial charge in [0.05, 0.1) is 31.1 Å². The van der Waals surface area contributed by atoms with Crippen LogP contribution in [-0.4, -0.2) is 54.8 Å². The fourth-order valence-corrected chi connectivity index (χ4v) is 5.48. The maximum atomic E-state index is 12.3. The molecule has 7 nitrogen and oxygen atoms in total. The SMILES string of the molecule is O=C(CC1CCC(CN2C[C@@H]3COCCN3c3nc(Cl)ncc32)CC1)OCc1ccccc1. The summed E-state index contributed by atoms with van der Waals surface area (Å²) in [6, 6.07) is 10.2. The van der Waals surface area contributed by atoms with E-state index < -0.39 is 0 Å². The third-order valence-corrected chi connectivity index (χ3v) is 7.32. The summed E-state index contributed by atoms with van der Waals surface area (Å²) >= 11 is 6.13. The van der Waals surface area contributed by atoms with Gasteiger partial charge in [0.2, 0.25) is 5.28 Å². The summed E-state index contributed by atoms with van der Waals surface area (Å²) in [7, 11) is 0. The largest absolute Gasteiger partial charge is 0.461 e. The lowest BCUT2D eigenvalue weighted by molar-refractivity contribution is -0.146. The first-order chi connectivity index (χ1) is 16.2. The number of aromatic nitrogens is 2. The summed E-state index contributed by atoms with van der Waals surface area (Å²) in [6.45, 7) is 4.53.